The van der Waals surface area contributed by atoms with Crippen LogP contribution in [0.5, 0.6) is 0 Å². The van der Waals surface area contributed by atoms with Gasteiger partial charge in [-0.15, -0.1) is 0 Å². The zero-order valence-electron chi connectivity index (χ0n) is 9.20. The Kier molecular flexibility index (Phi) is 4.66. The van der Waals surface area contributed by atoms with Gasteiger partial charge in [0, 0.05) is 17.6 Å². The van der Waals surface area contributed by atoms with Crippen molar-refractivity contribution in [2.75, 3.05) is 0 Å². The maximum Gasteiger partial charge on any atom is 0.0521 e. The van der Waals surface area contributed by atoms with Crippen LogP contribution in [0, 0.1) is 5.92 Å². The molecule has 1 rings (SSSR count). The highest BCUT2D eigenvalue weighted by atomic mass is 79.9. The third-order valence-corrected chi connectivity index (χ3v) is 3.96. The van der Waals surface area contributed by atoms with Crippen molar-refractivity contribution in [3.8, 4) is 0 Å². The van der Waals surface area contributed by atoms with Crippen molar-refractivity contribution < 1.29 is 0 Å². The van der Waals surface area contributed by atoms with E-state index in [-0.39, 0.29) is 0 Å². The average molecular weight is 259 g/mol. The quantitative estimate of drug-likeness (QED) is 0.742. The first-order chi connectivity index (χ1) is 6.63. The summed E-state index contributed by atoms with van der Waals surface area (Å²) in [5.74, 6) is 0.705. The summed E-state index contributed by atoms with van der Waals surface area (Å²) in [5.41, 5.74) is 1.34. The van der Waals surface area contributed by atoms with E-state index < -0.39 is 0 Å². The smallest absolute Gasteiger partial charge is 0.0521 e. The minimum absolute atomic E-state index is 0.618. The van der Waals surface area contributed by atoms with Gasteiger partial charge in [0.2, 0.25) is 0 Å². The summed E-state index contributed by atoms with van der Waals surface area (Å²) < 4.78 is 1.98. The van der Waals surface area contributed by atoms with Gasteiger partial charge in [0.1, 0.15) is 0 Å². The number of hydrogen-bond donors (Lipinski definition) is 0. The number of aromatic nitrogens is 2. The van der Waals surface area contributed by atoms with Crippen molar-refractivity contribution in [2.24, 2.45) is 5.92 Å². The van der Waals surface area contributed by atoms with Crippen LogP contribution in [0.3, 0.4) is 0 Å². The fourth-order valence-corrected chi connectivity index (χ4v) is 1.58. The van der Waals surface area contributed by atoms with Crippen molar-refractivity contribution >= 4 is 15.9 Å². The first kappa shape index (κ1) is 11.8. The fraction of sp³-hybridized carbons (Fsp3) is 0.727. The fourth-order valence-electron chi connectivity index (χ4n) is 1.35. The van der Waals surface area contributed by atoms with Gasteiger partial charge in [-0.05, 0) is 31.2 Å². The van der Waals surface area contributed by atoms with Gasteiger partial charge < -0.3 is 0 Å². The molecule has 0 radical (unpaired) electrons. The Morgan fingerprint density at radius 3 is 2.71 bits per heavy atom. The Morgan fingerprint density at radius 2 is 2.21 bits per heavy atom. The van der Waals surface area contributed by atoms with E-state index in [1.165, 1.54) is 12.0 Å². The third-order valence-electron chi connectivity index (χ3n) is 2.44. The summed E-state index contributed by atoms with van der Waals surface area (Å²) in [4.78, 5) is 0.618. The number of nitrogens with zero attached hydrogens (tertiary/aromatic N) is 2. The number of halogens is 1. The largest absolute Gasteiger partial charge is 0.273 e. The third kappa shape index (κ3) is 3.45. The molecule has 0 aliphatic heterocycles. The van der Waals surface area contributed by atoms with Gasteiger partial charge in [-0.1, -0.05) is 29.8 Å². The topological polar surface area (TPSA) is 17.8 Å². The van der Waals surface area contributed by atoms with E-state index in [9.17, 15) is 0 Å². The van der Waals surface area contributed by atoms with E-state index in [2.05, 4.69) is 48.0 Å². The molecule has 0 aliphatic carbocycles. The van der Waals surface area contributed by atoms with Gasteiger partial charge >= 0.3 is 0 Å². The van der Waals surface area contributed by atoms with Gasteiger partial charge in [0.25, 0.3) is 0 Å². The molecule has 0 spiro atoms. The summed E-state index contributed by atoms with van der Waals surface area (Å²) in [6, 6.07) is 0. The highest BCUT2D eigenvalue weighted by Crippen LogP contribution is 2.18. The molecule has 1 aromatic rings. The van der Waals surface area contributed by atoms with Crippen LogP contribution in [0.4, 0.5) is 0 Å². The molecule has 0 saturated carbocycles. The molecule has 0 N–H and O–H groups in total. The Labute approximate surface area is 94.8 Å². The molecule has 0 bridgehead atoms. The minimum atomic E-state index is 0.618. The summed E-state index contributed by atoms with van der Waals surface area (Å²) in [6.07, 6.45) is 6.42. The molecule has 0 fully saturated rings. The standard InChI is InChI=1S/C11H19BrN2/c1-4-14-8-10(7-13-14)5-6-11(12)9(2)3/h7-9,11H,4-6H2,1-3H3. The number of hydrogen-bond acceptors (Lipinski definition) is 1. The lowest BCUT2D eigenvalue weighted by atomic mass is 10.0. The molecular weight excluding hydrogens is 240 g/mol. The molecule has 14 heavy (non-hydrogen) atoms. The van der Waals surface area contributed by atoms with Crippen molar-refractivity contribution in [1.82, 2.24) is 9.78 Å². The van der Waals surface area contributed by atoms with E-state index >= 15 is 0 Å². The van der Waals surface area contributed by atoms with Crippen molar-refractivity contribution in [3.05, 3.63) is 18.0 Å². The zero-order chi connectivity index (χ0) is 10.6. The number of alkyl halides is 1. The summed E-state index contributed by atoms with van der Waals surface area (Å²) in [6.45, 7) is 7.56. The Morgan fingerprint density at radius 1 is 1.50 bits per heavy atom. The van der Waals surface area contributed by atoms with Crippen LogP contribution >= 0.6 is 15.9 Å². The Hall–Kier alpha value is -0.310. The second-order valence-corrected chi connectivity index (χ2v) is 5.18. The van der Waals surface area contributed by atoms with Gasteiger partial charge in [-0.25, -0.2) is 0 Å². The molecular formula is C11H19BrN2. The van der Waals surface area contributed by atoms with Crippen LogP contribution in [0.25, 0.3) is 0 Å². The predicted octanol–water partition coefficient (Wildman–Crippen LogP) is 3.26. The number of aryl methyl sites for hydroxylation is 2. The second kappa shape index (κ2) is 5.54. The van der Waals surface area contributed by atoms with Gasteiger partial charge in [-0.3, -0.25) is 4.68 Å². The molecule has 0 aromatic carbocycles. The highest BCUT2D eigenvalue weighted by Gasteiger charge is 2.09. The predicted molar refractivity (Wildman–Crippen MR) is 63.8 cm³/mol. The molecule has 0 amide bonds. The second-order valence-electron chi connectivity index (χ2n) is 4.00. The van der Waals surface area contributed by atoms with E-state index in [0.717, 1.165) is 13.0 Å². The molecule has 1 unspecified atom stereocenters. The summed E-state index contributed by atoms with van der Waals surface area (Å²) in [5, 5.41) is 4.26. The minimum Gasteiger partial charge on any atom is -0.273 e. The molecule has 3 heteroatoms. The monoisotopic (exact) mass is 258 g/mol. The molecule has 1 heterocycles. The van der Waals surface area contributed by atoms with E-state index in [1.54, 1.807) is 0 Å². The van der Waals surface area contributed by atoms with Crippen LogP contribution < -0.4 is 0 Å². The van der Waals surface area contributed by atoms with E-state index in [0.29, 0.717) is 10.7 Å². The highest BCUT2D eigenvalue weighted by molar-refractivity contribution is 9.09. The van der Waals surface area contributed by atoms with Gasteiger partial charge in [0.05, 0.1) is 6.20 Å². The van der Waals surface area contributed by atoms with Crippen LogP contribution in [-0.2, 0) is 13.0 Å². The molecule has 0 aliphatic rings. The van der Waals surface area contributed by atoms with Crippen molar-refractivity contribution in [3.63, 3.8) is 0 Å². The first-order valence-corrected chi connectivity index (χ1v) is 6.20. The normalized spacial score (nSPS) is 13.5. The lowest BCUT2D eigenvalue weighted by molar-refractivity contribution is 0.581. The average Bonchev–Trinajstić information content (AvgIpc) is 2.61. The SMILES string of the molecule is CCn1cc(CCC(Br)C(C)C)cn1. The molecule has 1 atom stereocenters. The maximum atomic E-state index is 4.26. The molecule has 2 nitrogen and oxygen atoms in total. The van der Waals surface area contributed by atoms with Crippen LogP contribution in [0.15, 0.2) is 12.4 Å². The Balaban J connectivity index is 2.37. The maximum absolute atomic E-state index is 4.26. The van der Waals surface area contributed by atoms with Crippen LogP contribution in [0.1, 0.15) is 32.8 Å². The Bertz CT molecular complexity index is 268. The van der Waals surface area contributed by atoms with Gasteiger partial charge in [0.15, 0.2) is 0 Å². The first-order valence-electron chi connectivity index (χ1n) is 5.29. The summed E-state index contributed by atoms with van der Waals surface area (Å²) in [7, 11) is 0. The van der Waals surface area contributed by atoms with Crippen LogP contribution in [0.2, 0.25) is 0 Å². The van der Waals surface area contributed by atoms with E-state index in [4.69, 9.17) is 0 Å². The van der Waals surface area contributed by atoms with E-state index in [1.807, 2.05) is 10.9 Å². The molecule has 1 aromatic heterocycles. The van der Waals surface area contributed by atoms with Crippen molar-refractivity contribution in [1.29, 1.82) is 0 Å². The lowest BCUT2D eigenvalue weighted by Gasteiger charge is -2.12. The van der Waals surface area contributed by atoms with Crippen molar-refractivity contribution in [2.45, 2.75) is 45.0 Å². The lowest BCUT2D eigenvalue weighted by Crippen LogP contribution is -2.07. The molecule has 80 valence electrons. The molecule has 0 saturated heterocycles. The number of rotatable bonds is 5. The summed E-state index contributed by atoms with van der Waals surface area (Å²) >= 11 is 3.70. The zero-order valence-corrected chi connectivity index (χ0v) is 10.8. The van der Waals surface area contributed by atoms with Gasteiger partial charge in [-0.2, -0.15) is 5.10 Å². The van der Waals surface area contributed by atoms with Crippen LogP contribution in [-0.4, -0.2) is 14.6 Å².